The van der Waals surface area contributed by atoms with E-state index in [2.05, 4.69) is 10.6 Å². The highest BCUT2D eigenvalue weighted by Crippen LogP contribution is 1.91. The van der Waals surface area contributed by atoms with Crippen LogP contribution in [-0.2, 0) is 4.79 Å². The molecule has 0 aliphatic carbocycles. The predicted molar refractivity (Wildman–Crippen MR) is 45.8 cm³/mol. The van der Waals surface area contributed by atoms with Gasteiger partial charge in [-0.2, -0.15) is 0 Å². The Morgan fingerprint density at radius 1 is 1.67 bits per heavy atom. The van der Waals surface area contributed by atoms with Crippen molar-refractivity contribution in [1.82, 2.24) is 10.6 Å². The minimum absolute atomic E-state index is 0.0457. The first-order valence-corrected chi connectivity index (χ1v) is 3.81. The number of rotatable bonds is 4. The van der Waals surface area contributed by atoms with E-state index in [-0.39, 0.29) is 9.83 Å². The van der Waals surface area contributed by atoms with Gasteiger partial charge in [0, 0.05) is 29.1 Å². The van der Waals surface area contributed by atoms with Crippen molar-refractivity contribution >= 4 is 26.4 Å². The van der Waals surface area contributed by atoms with Gasteiger partial charge in [-0.25, -0.2) is 0 Å². The lowest BCUT2D eigenvalue weighted by molar-refractivity contribution is -0.111. The Labute approximate surface area is 68.7 Å². The summed E-state index contributed by atoms with van der Waals surface area (Å²) in [5, 5.41) is 5.79. The number of carbonyl (C=O) groups excluding carboxylic acids is 1. The lowest BCUT2D eigenvalue weighted by Gasteiger charge is -2.09. The molecule has 0 saturated heterocycles. The van der Waals surface area contributed by atoms with E-state index in [1.807, 2.05) is 7.05 Å². The summed E-state index contributed by atoms with van der Waals surface area (Å²) in [5.41, 5.74) is 0. The van der Waals surface area contributed by atoms with Crippen molar-refractivity contribution in [3.05, 3.63) is 0 Å². The van der Waals surface area contributed by atoms with Gasteiger partial charge >= 0.3 is 0 Å². The summed E-state index contributed by atoms with van der Waals surface area (Å²) >= 11 is 1.79. The molecule has 54 valence electrons. The van der Waals surface area contributed by atoms with E-state index < -0.39 is 0 Å². The zero-order chi connectivity index (χ0) is 7.28. The quantitative estimate of drug-likeness (QED) is 0.528. The first-order chi connectivity index (χ1) is 4.22. The molecule has 0 aliphatic heterocycles. The first kappa shape index (κ1) is 9.32. The summed E-state index contributed by atoms with van der Waals surface area (Å²) in [6.07, 6.45) is 0. The van der Waals surface area contributed by atoms with Crippen LogP contribution in [-0.4, -0.2) is 30.5 Å². The largest absolute Gasteiger partial charge is 0.318 e. The molecule has 0 saturated carbocycles. The van der Waals surface area contributed by atoms with Gasteiger partial charge < -0.3 is 10.6 Å². The smallest absolute Gasteiger partial charge is 0.210 e. The molecule has 1 unspecified atom stereocenters. The summed E-state index contributed by atoms with van der Waals surface area (Å²) < 4.78 is 0.143. The predicted octanol–water partition coefficient (Wildman–Crippen LogP) is -0.245. The third kappa shape index (κ3) is 3.83. The van der Waals surface area contributed by atoms with Crippen molar-refractivity contribution in [1.29, 1.82) is 0 Å². The fourth-order valence-corrected chi connectivity index (χ4v) is 1.03. The van der Waals surface area contributed by atoms with Crippen LogP contribution in [0.4, 0.5) is 0 Å². The van der Waals surface area contributed by atoms with E-state index in [0.717, 1.165) is 0 Å². The van der Waals surface area contributed by atoms with Crippen molar-refractivity contribution in [2.24, 2.45) is 0 Å². The van der Waals surface area contributed by atoms with Crippen molar-refractivity contribution in [3.63, 3.8) is 0 Å². The van der Waals surface area contributed by atoms with Crippen LogP contribution in [0.5, 0.6) is 0 Å². The minimum Gasteiger partial charge on any atom is -0.318 e. The molecule has 3 nitrogen and oxygen atoms in total. The van der Waals surface area contributed by atoms with Crippen LogP contribution in [0.3, 0.4) is 0 Å². The van der Waals surface area contributed by atoms with Crippen LogP contribution in [0.2, 0.25) is 0 Å². The summed E-state index contributed by atoms with van der Waals surface area (Å²) in [6.45, 7) is 0.693. The van der Waals surface area contributed by atoms with Gasteiger partial charge in [-0.15, -0.1) is 0 Å². The molecule has 0 heterocycles. The third-order valence-electron chi connectivity index (χ3n) is 1.03. The van der Waals surface area contributed by atoms with E-state index in [9.17, 15) is 4.79 Å². The maximum atomic E-state index is 10.6. The molecule has 0 aromatic rings. The van der Waals surface area contributed by atoms with Crippen LogP contribution in [0.1, 0.15) is 0 Å². The van der Waals surface area contributed by atoms with Crippen LogP contribution >= 0.6 is 22.6 Å². The molecule has 0 spiro atoms. The summed E-state index contributed by atoms with van der Waals surface area (Å²) in [7, 11) is 3.60. The Kier molecular flexibility index (Phi) is 5.31. The molecule has 0 bridgehead atoms. The minimum atomic E-state index is -0.0457. The molecular weight excluding hydrogens is 231 g/mol. The number of halogens is 1. The van der Waals surface area contributed by atoms with E-state index in [1.165, 1.54) is 0 Å². The molecule has 4 heteroatoms. The number of likely N-dealkylation sites (N-methyl/N-ethyl adjacent to an activating group) is 2. The van der Waals surface area contributed by atoms with Crippen LogP contribution in [0.15, 0.2) is 0 Å². The van der Waals surface area contributed by atoms with E-state index in [1.54, 1.807) is 29.6 Å². The summed E-state index contributed by atoms with van der Waals surface area (Å²) in [5.74, 6) is 0. The first-order valence-electron chi connectivity index (χ1n) is 2.73. The highest BCUT2D eigenvalue weighted by molar-refractivity contribution is 14.1. The molecule has 2 N–H and O–H groups in total. The maximum Gasteiger partial charge on any atom is 0.210 e. The standard InChI is InChI=1S/C5H11IN2O/c1-7-3-4(8-2)5(6)9/h4,7-8H,3H2,1-2H3. The summed E-state index contributed by atoms with van der Waals surface area (Å²) in [4.78, 5) is 10.6. The molecule has 0 aromatic heterocycles. The van der Waals surface area contributed by atoms with Gasteiger partial charge in [0.15, 0.2) is 0 Å². The molecule has 0 radical (unpaired) electrons. The van der Waals surface area contributed by atoms with Crippen molar-refractivity contribution in [2.45, 2.75) is 6.04 Å². The maximum absolute atomic E-state index is 10.6. The summed E-state index contributed by atoms with van der Waals surface area (Å²) in [6, 6.07) is -0.0457. The molecule has 1 atom stereocenters. The Bertz CT molecular complexity index is 97.0. The highest BCUT2D eigenvalue weighted by atomic mass is 127. The molecule has 0 aliphatic rings. The van der Waals surface area contributed by atoms with E-state index in [4.69, 9.17) is 0 Å². The lowest BCUT2D eigenvalue weighted by Crippen LogP contribution is -2.39. The molecular formula is C5H11IN2O. The fourth-order valence-electron chi connectivity index (χ4n) is 0.500. The zero-order valence-electron chi connectivity index (χ0n) is 5.57. The van der Waals surface area contributed by atoms with Crippen molar-refractivity contribution in [3.8, 4) is 0 Å². The normalized spacial score (nSPS) is 13.2. The monoisotopic (exact) mass is 242 g/mol. The van der Waals surface area contributed by atoms with Crippen molar-refractivity contribution in [2.75, 3.05) is 20.6 Å². The average molecular weight is 242 g/mol. The van der Waals surface area contributed by atoms with Gasteiger partial charge in [0.25, 0.3) is 0 Å². The Hall–Kier alpha value is 0.320. The average Bonchev–Trinajstić information content (AvgIpc) is 1.82. The SMILES string of the molecule is CNCC(NC)C(=O)I. The topological polar surface area (TPSA) is 41.1 Å². The highest BCUT2D eigenvalue weighted by Gasteiger charge is 2.09. The van der Waals surface area contributed by atoms with Gasteiger partial charge in [-0.05, 0) is 14.1 Å². The molecule has 0 fully saturated rings. The second kappa shape index (κ2) is 5.13. The van der Waals surface area contributed by atoms with Crippen LogP contribution < -0.4 is 10.6 Å². The van der Waals surface area contributed by atoms with Gasteiger partial charge in [0.1, 0.15) is 0 Å². The fraction of sp³-hybridized carbons (Fsp3) is 0.800. The molecule has 0 aromatic carbocycles. The second-order valence-corrected chi connectivity index (χ2v) is 2.77. The number of carbonyl (C=O) groups is 1. The number of hydrogen-bond donors (Lipinski definition) is 2. The molecule has 9 heavy (non-hydrogen) atoms. The van der Waals surface area contributed by atoms with Gasteiger partial charge in [-0.1, -0.05) is 0 Å². The van der Waals surface area contributed by atoms with Crippen molar-refractivity contribution < 1.29 is 4.79 Å². The lowest BCUT2D eigenvalue weighted by atomic mass is 10.3. The van der Waals surface area contributed by atoms with Gasteiger partial charge in [0.2, 0.25) is 3.79 Å². The molecule has 0 amide bonds. The van der Waals surface area contributed by atoms with Crippen LogP contribution in [0.25, 0.3) is 0 Å². The number of hydrogen-bond acceptors (Lipinski definition) is 3. The Morgan fingerprint density at radius 2 is 2.22 bits per heavy atom. The van der Waals surface area contributed by atoms with E-state index in [0.29, 0.717) is 6.54 Å². The third-order valence-corrected chi connectivity index (χ3v) is 1.78. The van der Waals surface area contributed by atoms with Crippen LogP contribution in [0, 0.1) is 0 Å². The van der Waals surface area contributed by atoms with E-state index >= 15 is 0 Å². The van der Waals surface area contributed by atoms with Gasteiger partial charge in [0.05, 0.1) is 6.04 Å². The zero-order valence-corrected chi connectivity index (χ0v) is 7.73. The Balaban J connectivity index is 3.54. The molecule has 0 rings (SSSR count). The number of nitrogens with one attached hydrogen (secondary N) is 2. The van der Waals surface area contributed by atoms with Gasteiger partial charge in [-0.3, -0.25) is 4.79 Å². The second-order valence-electron chi connectivity index (χ2n) is 1.70. The Morgan fingerprint density at radius 3 is 2.33 bits per heavy atom.